The molecule has 0 heterocycles. The lowest BCUT2D eigenvalue weighted by Crippen LogP contribution is -2.43. The minimum atomic E-state index is -0.387. The number of hydrogen-bond acceptors (Lipinski definition) is 3. The SMILES string of the molecule is CCOC(C)O[C@H](C(=O)[C@H]1C[C@H]2C=C[C@@H]1C2)C(C)(C)C. The van der Waals surface area contributed by atoms with E-state index in [1.54, 1.807) is 0 Å². The van der Waals surface area contributed by atoms with Crippen LogP contribution in [0.1, 0.15) is 47.5 Å². The zero-order valence-corrected chi connectivity index (χ0v) is 13.4. The number of carbonyl (C=O) groups is 1. The predicted octanol–water partition coefficient (Wildman–Crippen LogP) is 3.58. The molecule has 0 aliphatic heterocycles. The Hall–Kier alpha value is -0.670. The zero-order valence-electron chi connectivity index (χ0n) is 13.4. The van der Waals surface area contributed by atoms with Crippen LogP contribution in [0.5, 0.6) is 0 Å². The van der Waals surface area contributed by atoms with E-state index in [-0.39, 0.29) is 29.5 Å². The van der Waals surface area contributed by atoms with Crippen molar-refractivity contribution in [1.82, 2.24) is 0 Å². The largest absolute Gasteiger partial charge is 0.353 e. The van der Waals surface area contributed by atoms with Gasteiger partial charge in [-0.25, -0.2) is 0 Å². The molecule has 2 aliphatic rings. The maximum absolute atomic E-state index is 12.9. The van der Waals surface area contributed by atoms with E-state index in [1.165, 1.54) is 0 Å². The van der Waals surface area contributed by atoms with Gasteiger partial charge in [-0.05, 0) is 43.9 Å². The number of fused-ring (bicyclic) bond motifs is 2. The standard InChI is InChI=1S/C17H28O3/c1-6-19-11(2)20-16(17(3,4)5)15(18)14-10-12-7-8-13(14)9-12/h7-8,11-14,16H,6,9-10H2,1-5H3/t11?,12-,13+,14-,16+/m0/s1. The van der Waals surface area contributed by atoms with Gasteiger partial charge in [-0.2, -0.15) is 0 Å². The number of Topliss-reactive ketones (excluding diaryl/α,β-unsaturated/α-hetero) is 1. The van der Waals surface area contributed by atoms with E-state index < -0.39 is 0 Å². The molecule has 0 aromatic carbocycles. The first-order valence-electron chi connectivity index (χ1n) is 7.82. The molecule has 2 bridgehead atoms. The second-order valence-corrected chi connectivity index (χ2v) is 7.19. The van der Waals surface area contributed by atoms with E-state index in [1.807, 2.05) is 13.8 Å². The van der Waals surface area contributed by atoms with Gasteiger partial charge in [0, 0.05) is 12.5 Å². The van der Waals surface area contributed by atoms with Crippen LogP contribution in [0.3, 0.4) is 0 Å². The highest BCUT2D eigenvalue weighted by Gasteiger charge is 2.45. The van der Waals surface area contributed by atoms with Gasteiger partial charge in [-0.3, -0.25) is 4.79 Å². The second kappa shape index (κ2) is 5.98. The summed E-state index contributed by atoms with van der Waals surface area (Å²) >= 11 is 0. The topological polar surface area (TPSA) is 35.5 Å². The van der Waals surface area contributed by atoms with Crippen molar-refractivity contribution in [2.75, 3.05) is 6.61 Å². The molecule has 0 radical (unpaired) electrons. The number of carbonyl (C=O) groups excluding carboxylic acids is 1. The molecule has 0 aromatic heterocycles. The third kappa shape index (κ3) is 3.32. The fourth-order valence-corrected chi connectivity index (χ4v) is 3.47. The van der Waals surface area contributed by atoms with Crippen LogP contribution in [0.4, 0.5) is 0 Å². The van der Waals surface area contributed by atoms with Gasteiger partial charge in [-0.15, -0.1) is 0 Å². The van der Waals surface area contributed by atoms with E-state index in [4.69, 9.17) is 9.47 Å². The van der Waals surface area contributed by atoms with Gasteiger partial charge in [0.05, 0.1) is 0 Å². The van der Waals surface area contributed by atoms with Crippen LogP contribution in [-0.2, 0) is 14.3 Å². The van der Waals surface area contributed by atoms with Crippen LogP contribution in [0.25, 0.3) is 0 Å². The van der Waals surface area contributed by atoms with Crippen molar-refractivity contribution in [3.05, 3.63) is 12.2 Å². The Morgan fingerprint density at radius 2 is 2.00 bits per heavy atom. The first-order valence-corrected chi connectivity index (χ1v) is 7.82. The fourth-order valence-electron chi connectivity index (χ4n) is 3.47. The van der Waals surface area contributed by atoms with E-state index in [2.05, 4.69) is 32.9 Å². The van der Waals surface area contributed by atoms with Gasteiger partial charge in [0.25, 0.3) is 0 Å². The molecule has 0 aromatic rings. The molecule has 0 amide bonds. The Morgan fingerprint density at radius 3 is 2.45 bits per heavy atom. The van der Waals surface area contributed by atoms with E-state index in [0.717, 1.165) is 12.8 Å². The number of ether oxygens (including phenoxy) is 2. The highest BCUT2D eigenvalue weighted by molar-refractivity contribution is 5.87. The minimum absolute atomic E-state index is 0.142. The maximum atomic E-state index is 12.9. The molecule has 1 saturated carbocycles. The number of rotatable bonds is 6. The predicted molar refractivity (Wildman–Crippen MR) is 79.3 cm³/mol. The molecule has 114 valence electrons. The molecular formula is C17H28O3. The van der Waals surface area contributed by atoms with Crippen molar-refractivity contribution in [3.8, 4) is 0 Å². The number of ketones is 1. The van der Waals surface area contributed by atoms with Crippen LogP contribution in [0.15, 0.2) is 12.2 Å². The third-order valence-electron chi connectivity index (χ3n) is 4.42. The Kier molecular flexibility index (Phi) is 4.70. The summed E-state index contributed by atoms with van der Waals surface area (Å²) in [6, 6.07) is 0. The molecule has 5 atom stereocenters. The summed E-state index contributed by atoms with van der Waals surface area (Å²) in [6.45, 7) is 10.6. The zero-order chi connectivity index (χ0) is 14.9. The summed E-state index contributed by atoms with van der Waals surface area (Å²) in [4.78, 5) is 12.9. The monoisotopic (exact) mass is 280 g/mol. The van der Waals surface area contributed by atoms with Crippen molar-refractivity contribution >= 4 is 5.78 Å². The third-order valence-corrected chi connectivity index (χ3v) is 4.42. The maximum Gasteiger partial charge on any atom is 0.165 e. The molecular weight excluding hydrogens is 252 g/mol. The molecule has 2 rings (SSSR count). The molecule has 0 N–H and O–H groups in total. The summed E-state index contributed by atoms with van der Waals surface area (Å²) in [5.41, 5.74) is -0.200. The highest BCUT2D eigenvalue weighted by atomic mass is 16.7. The van der Waals surface area contributed by atoms with Gasteiger partial charge < -0.3 is 9.47 Å². The average molecular weight is 280 g/mol. The Balaban J connectivity index is 2.07. The van der Waals surface area contributed by atoms with Crippen LogP contribution < -0.4 is 0 Å². The lowest BCUT2D eigenvalue weighted by atomic mass is 9.78. The van der Waals surface area contributed by atoms with E-state index in [9.17, 15) is 4.79 Å². The van der Waals surface area contributed by atoms with Crippen LogP contribution in [0.2, 0.25) is 0 Å². The fraction of sp³-hybridized carbons (Fsp3) is 0.824. The molecule has 3 nitrogen and oxygen atoms in total. The smallest absolute Gasteiger partial charge is 0.165 e. The summed E-state index contributed by atoms with van der Waals surface area (Å²) in [5, 5.41) is 0. The van der Waals surface area contributed by atoms with Crippen LogP contribution >= 0.6 is 0 Å². The number of hydrogen-bond donors (Lipinski definition) is 0. The normalized spacial score (nSPS) is 31.6. The Bertz CT molecular complexity index is 380. The Morgan fingerprint density at radius 1 is 1.30 bits per heavy atom. The minimum Gasteiger partial charge on any atom is -0.353 e. The highest BCUT2D eigenvalue weighted by Crippen LogP contribution is 2.45. The van der Waals surface area contributed by atoms with E-state index >= 15 is 0 Å². The average Bonchev–Trinajstić information content (AvgIpc) is 2.96. The van der Waals surface area contributed by atoms with Gasteiger partial charge >= 0.3 is 0 Å². The van der Waals surface area contributed by atoms with Gasteiger partial charge in [0.1, 0.15) is 6.10 Å². The lowest BCUT2D eigenvalue weighted by Gasteiger charge is -2.34. The quantitative estimate of drug-likeness (QED) is 0.551. The second-order valence-electron chi connectivity index (χ2n) is 7.19. The molecule has 1 unspecified atom stereocenters. The van der Waals surface area contributed by atoms with Crippen LogP contribution in [-0.4, -0.2) is 24.8 Å². The molecule has 3 heteroatoms. The van der Waals surface area contributed by atoms with Gasteiger partial charge in [-0.1, -0.05) is 32.9 Å². The van der Waals surface area contributed by atoms with Gasteiger partial charge in [0.15, 0.2) is 12.1 Å². The summed E-state index contributed by atoms with van der Waals surface area (Å²) in [6.07, 6.45) is 5.92. The van der Waals surface area contributed by atoms with Gasteiger partial charge in [0.2, 0.25) is 0 Å². The molecule has 0 spiro atoms. The first-order chi connectivity index (χ1) is 9.32. The van der Waals surface area contributed by atoms with Crippen molar-refractivity contribution in [2.24, 2.45) is 23.2 Å². The molecule has 20 heavy (non-hydrogen) atoms. The molecule has 0 saturated heterocycles. The van der Waals surface area contributed by atoms with Crippen molar-refractivity contribution in [2.45, 2.75) is 59.9 Å². The first kappa shape index (κ1) is 15.7. The summed E-state index contributed by atoms with van der Waals surface area (Å²) in [7, 11) is 0. The van der Waals surface area contributed by atoms with E-state index in [0.29, 0.717) is 18.4 Å². The molecule has 2 aliphatic carbocycles. The Labute approximate surface area is 122 Å². The van der Waals surface area contributed by atoms with Crippen molar-refractivity contribution in [3.63, 3.8) is 0 Å². The van der Waals surface area contributed by atoms with Crippen molar-refractivity contribution < 1.29 is 14.3 Å². The lowest BCUT2D eigenvalue weighted by molar-refractivity contribution is -0.189. The summed E-state index contributed by atoms with van der Waals surface area (Å²) < 4.78 is 11.4. The summed E-state index contributed by atoms with van der Waals surface area (Å²) in [5.74, 6) is 1.45. The van der Waals surface area contributed by atoms with Crippen molar-refractivity contribution in [1.29, 1.82) is 0 Å². The molecule has 1 fully saturated rings. The van der Waals surface area contributed by atoms with Crippen LogP contribution in [0, 0.1) is 23.2 Å². The number of allylic oxidation sites excluding steroid dienone is 2.